The number of phenols is 1. The molecule has 0 atom stereocenters. The van der Waals surface area contributed by atoms with Gasteiger partial charge in [-0.05, 0) is 93.7 Å². The van der Waals surface area contributed by atoms with E-state index in [1.165, 1.54) is 0 Å². The van der Waals surface area contributed by atoms with E-state index in [-0.39, 0.29) is 5.75 Å². The first-order valence-corrected chi connectivity index (χ1v) is 23.5. The second kappa shape index (κ2) is 21.1. The van der Waals surface area contributed by atoms with Crippen molar-refractivity contribution in [3.63, 3.8) is 0 Å². The molecule has 9 aromatic rings. The molecule has 10 nitrogen and oxygen atoms in total. The van der Waals surface area contributed by atoms with Crippen LogP contribution in [-0.2, 0) is 45.5 Å². The van der Waals surface area contributed by atoms with E-state index in [1.807, 2.05) is 105 Å². The van der Waals surface area contributed by atoms with E-state index in [9.17, 15) is 5.11 Å². The van der Waals surface area contributed by atoms with Crippen LogP contribution in [0.25, 0.3) is 0 Å². The molecule has 0 amide bonds. The summed E-state index contributed by atoms with van der Waals surface area (Å²) in [7, 11) is 0. The Morgan fingerprint density at radius 3 is 1.26 bits per heavy atom. The van der Waals surface area contributed by atoms with Crippen molar-refractivity contribution >= 4 is 22.9 Å². The molecule has 0 saturated carbocycles. The zero-order valence-corrected chi connectivity index (χ0v) is 39.2. The molecular formula is C60H52N6O4. The van der Waals surface area contributed by atoms with Gasteiger partial charge in [-0.3, -0.25) is 5.10 Å². The standard InChI is InChI=1S/C60H52N6O4/c1-40-16-12-29-53(30-40)62-64-55-41(2)61-65-60(55)66-63-54-35-51-33-49-27-14-25-47(58(49)69-38-43-19-8-4-9-20-43)31-45-23-13-24-46(57(45)68-37-42-17-6-3-7-18-42)32-48-26-15-28-50(34-52(36-54)56(51)67)59(48)70-39-44-21-10-5-11-22-44/h3-30,35-36,67H,31-34,37-39H2,1-2H3,(H,61,65). The van der Waals surface area contributed by atoms with Crippen LogP contribution in [0, 0.1) is 13.8 Å². The minimum atomic E-state index is 0.162. The summed E-state index contributed by atoms with van der Waals surface area (Å²) in [5.41, 5.74) is 13.9. The summed E-state index contributed by atoms with van der Waals surface area (Å²) in [5, 5.41) is 38.3. The fourth-order valence-electron chi connectivity index (χ4n) is 8.89. The molecule has 0 saturated heterocycles. The van der Waals surface area contributed by atoms with E-state index >= 15 is 0 Å². The van der Waals surface area contributed by atoms with Crippen LogP contribution < -0.4 is 14.2 Å². The summed E-state index contributed by atoms with van der Waals surface area (Å²) < 4.78 is 20.6. The molecule has 1 aromatic heterocycles. The highest BCUT2D eigenvalue weighted by Gasteiger charge is 2.22. The monoisotopic (exact) mass is 920 g/mol. The molecule has 0 radical (unpaired) electrons. The maximum absolute atomic E-state index is 12.5. The van der Waals surface area contributed by atoms with Crippen molar-refractivity contribution in [2.75, 3.05) is 0 Å². The summed E-state index contributed by atoms with van der Waals surface area (Å²) in [6.45, 7) is 5.02. The van der Waals surface area contributed by atoms with Crippen molar-refractivity contribution in [2.24, 2.45) is 20.5 Å². The molecule has 346 valence electrons. The Bertz CT molecular complexity index is 3180. The summed E-state index contributed by atoms with van der Waals surface area (Å²) in [6.07, 6.45) is 1.75. The molecule has 8 aromatic carbocycles. The van der Waals surface area contributed by atoms with Gasteiger partial charge in [-0.2, -0.15) is 10.2 Å². The SMILES string of the molecule is Cc1cccc(N=Nc2c(N=Nc3cc4c(O)c(c3)Cc3cccc(c3OCc3ccccc3)Cc3cccc(c3OCc3ccccc3)Cc3cccc(c3OCc3ccccc3)C4)n[nH]c2C)c1. The molecule has 8 bridgehead atoms. The van der Waals surface area contributed by atoms with Crippen molar-refractivity contribution in [3.05, 3.63) is 254 Å². The third kappa shape index (κ3) is 10.7. The Morgan fingerprint density at radius 1 is 0.429 bits per heavy atom. The van der Waals surface area contributed by atoms with Gasteiger partial charge in [-0.25, -0.2) is 0 Å². The molecule has 70 heavy (non-hydrogen) atoms. The number of fused-ring (bicyclic) bond motifs is 8. The average molecular weight is 921 g/mol. The molecule has 1 heterocycles. The van der Waals surface area contributed by atoms with E-state index in [4.69, 9.17) is 19.3 Å². The van der Waals surface area contributed by atoms with Crippen molar-refractivity contribution < 1.29 is 19.3 Å². The maximum atomic E-state index is 12.5. The molecule has 0 unspecified atom stereocenters. The zero-order chi connectivity index (χ0) is 47.7. The number of aromatic nitrogens is 2. The van der Waals surface area contributed by atoms with Gasteiger partial charge in [0.15, 0.2) is 5.69 Å². The number of aryl methyl sites for hydroxylation is 2. The summed E-state index contributed by atoms with van der Waals surface area (Å²) in [6, 6.07) is 61.1. The maximum Gasteiger partial charge on any atom is 0.223 e. The number of rotatable bonds is 13. The highest BCUT2D eigenvalue weighted by molar-refractivity contribution is 5.62. The van der Waals surface area contributed by atoms with Crippen molar-refractivity contribution in [2.45, 2.75) is 59.4 Å². The first-order valence-electron chi connectivity index (χ1n) is 23.5. The number of hydrogen-bond acceptors (Lipinski definition) is 9. The second-order valence-electron chi connectivity index (χ2n) is 17.6. The highest BCUT2D eigenvalue weighted by atomic mass is 16.5. The van der Waals surface area contributed by atoms with E-state index in [0.717, 1.165) is 78.6 Å². The highest BCUT2D eigenvalue weighted by Crippen LogP contribution is 2.41. The van der Waals surface area contributed by atoms with E-state index in [1.54, 1.807) is 0 Å². The number of benzene rings is 8. The lowest BCUT2D eigenvalue weighted by Crippen LogP contribution is -2.08. The average Bonchev–Trinajstić information content (AvgIpc) is 3.74. The fourth-order valence-corrected chi connectivity index (χ4v) is 8.89. The normalized spacial score (nSPS) is 12.3. The molecular weight excluding hydrogens is 869 g/mol. The van der Waals surface area contributed by atoms with E-state index in [0.29, 0.717) is 79.5 Å². The number of hydrogen-bond donors (Lipinski definition) is 2. The number of azo groups is 2. The molecule has 1 aliphatic rings. The van der Waals surface area contributed by atoms with Gasteiger partial charge in [0.1, 0.15) is 42.8 Å². The lowest BCUT2D eigenvalue weighted by Gasteiger charge is -2.22. The molecule has 0 aliphatic heterocycles. The van der Waals surface area contributed by atoms with Crippen molar-refractivity contribution in [1.82, 2.24) is 10.2 Å². The Morgan fingerprint density at radius 2 is 0.829 bits per heavy atom. The van der Waals surface area contributed by atoms with Crippen LogP contribution in [0.4, 0.5) is 22.9 Å². The third-order valence-corrected chi connectivity index (χ3v) is 12.4. The number of H-pyrrole nitrogens is 1. The molecule has 0 spiro atoms. The topological polar surface area (TPSA) is 126 Å². The van der Waals surface area contributed by atoms with Gasteiger partial charge in [0.05, 0.1) is 17.1 Å². The molecule has 2 N–H and O–H groups in total. The first-order chi connectivity index (χ1) is 34.4. The predicted octanol–water partition coefficient (Wildman–Crippen LogP) is 15.0. The van der Waals surface area contributed by atoms with Crippen molar-refractivity contribution in [1.29, 1.82) is 0 Å². The number of aromatic hydroxyl groups is 1. The van der Waals surface area contributed by atoms with Crippen LogP contribution in [0.3, 0.4) is 0 Å². The van der Waals surface area contributed by atoms with E-state index < -0.39 is 0 Å². The lowest BCUT2D eigenvalue weighted by atomic mass is 9.91. The number of ether oxygens (including phenoxy) is 3. The van der Waals surface area contributed by atoms with Gasteiger partial charge < -0.3 is 19.3 Å². The van der Waals surface area contributed by atoms with Crippen LogP contribution in [0.5, 0.6) is 23.0 Å². The van der Waals surface area contributed by atoms with Gasteiger partial charge in [-0.1, -0.05) is 158 Å². The molecule has 0 fully saturated rings. The molecule has 1 aliphatic carbocycles. The Balaban J connectivity index is 1.11. The zero-order valence-electron chi connectivity index (χ0n) is 39.2. The first kappa shape index (κ1) is 45.2. The third-order valence-electron chi connectivity index (χ3n) is 12.4. The van der Waals surface area contributed by atoms with Crippen LogP contribution in [-0.4, -0.2) is 15.3 Å². The quantitative estimate of drug-likeness (QED) is 0.111. The van der Waals surface area contributed by atoms with Gasteiger partial charge in [-0.15, -0.1) is 15.3 Å². The van der Waals surface area contributed by atoms with Gasteiger partial charge in [0.2, 0.25) is 5.82 Å². The Labute approximate surface area is 408 Å². The summed E-state index contributed by atoms with van der Waals surface area (Å²) in [5.74, 6) is 2.80. The van der Waals surface area contributed by atoms with Crippen LogP contribution in [0.1, 0.15) is 72.5 Å². The number of aromatic amines is 1. The fraction of sp³-hybridized carbons (Fsp3) is 0.150. The number of nitrogens with one attached hydrogen (secondary N) is 1. The van der Waals surface area contributed by atoms with Crippen LogP contribution >= 0.6 is 0 Å². The molecule has 10 rings (SSSR count). The predicted molar refractivity (Wildman–Crippen MR) is 274 cm³/mol. The number of para-hydroxylation sites is 3. The lowest BCUT2D eigenvalue weighted by molar-refractivity contribution is 0.295. The number of phenolic OH excluding ortho intramolecular Hbond substituents is 1. The Kier molecular flexibility index (Phi) is 13.6. The summed E-state index contributed by atoms with van der Waals surface area (Å²) >= 11 is 0. The Hall–Kier alpha value is -8.63. The van der Waals surface area contributed by atoms with Gasteiger partial charge in [0, 0.05) is 36.8 Å². The minimum absolute atomic E-state index is 0.162. The largest absolute Gasteiger partial charge is 0.507 e. The smallest absolute Gasteiger partial charge is 0.223 e. The number of nitrogens with zero attached hydrogens (tertiary/aromatic N) is 5. The summed E-state index contributed by atoms with van der Waals surface area (Å²) in [4.78, 5) is 0. The molecule has 10 heteroatoms. The minimum Gasteiger partial charge on any atom is -0.507 e. The van der Waals surface area contributed by atoms with E-state index in [2.05, 4.69) is 117 Å². The van der Waals surface area contributed by atoms with Gasteiger partial charge in [0.25, 0.3) is 0 Å². The second-order valence-corrected chi connectivity index (χ2v) is 17.6. The van der Waals surface area contributed by atoms with Crippen molar-refractivity contribution in [3.8, 4) is 23.0 Å². The van der Waals surface area contributed by atoms with Gasteiger partial charge >= 0.3 is 0 Å². The van der Waals surface area contributed by atoms with Crippen LogP contribution in [0.2, 0.25) is 0 Å². The van der Waals surface area contributed by atoms with Crippen LogP contribution in [0.15, 0.2) is 202 Å².